The van der Waals surface area contributed by atoms with Gasteiger partial charge in [-0.25, -0.2) is 0 Å². The fourth-order valence-corrected chi connectivity index (χ4v) is 0.843. The fraction of sp³-hybridized carbons (Fsp3) is 0.300. The third-order valence-electron chi connectivity index (χ3n) is 1.53. The fourth-order valence-electron chi connectivity index (χ4n) is 0.843. The van der Waals surface area contributed by atoms with Crippen LogP contribution >= 0.6 is 0 Å². The summed E-state index contributed by atoms with van der Waals surface area (Å²) < 4.78 is 0. The maximum absolute atomic E-state index is 8.92. The summed E-state index contributed by atoms with van der Waals surface area (Å²) >= 11 is 0. The zero-order valence-corrected chi connectivity index (χ0v) is 7.88. The summed E-state index contributed by atoms with van der Waals surface area (Å²) in [7, 11) is 0. The van der Waals surface area contributed by atoms with Crippen LogP contribution in [0.15, 0.2) is 34.5 Å². The van der Waals surface area contributed by atoms with Crippen molar-refractivity contribution in [2.24, 2.45) is 10.2 Å². The molecule has 4 heteroatoms. The molecule has 1 aromatic rings. The molecule has 0 aromatic heterocycles. The van der Waals surface area contributed by atoms with Gasteiger partial charge < -0.3 is 5.11 Å². The smallest absolute Gasteiger partial charge is 0.0991 e. The molecule has 0 radical (unpaired) electrons. The zero-order valence-electron chi connectivity index (χ0n) is 7.88. The predicted molar refractivity (Wildman–Crippen MR) is 52.2 cm³/mol. The number of azo groups is 1. The van der Waals surface area contributed by atoms with Gasteiger partial charge in [0, 0.05) is 0 Å². The van der Waals surface area contributed by atoms with Crippen LogP contribution in [0.25, 0.3) is 0 Å². The van der Waals surface area contributed by atoms with Gasteiger partial charge in [0.2, 0.25) is 0 Å². The Labute approximate surface area is 82.5 Å². The van der Waals surface area contributed by atoms with Gasteiger partial charge >= 0.3 is 0 Å². The molecule has 0 amide bonds. The lowest BCUT2D eigenvalue weighted by molar-refractivity contribution is 0.202. The first-order valence-electron chi connectivity index (χ1n) is 4.28. The molecule has 0 spiro atoms. The van der Waals surface area contributed by atoms with Gasteiger partial charge in [-0.15, -0.1) is 0 Å². The SMILES string of the molecule is CC(O)CN=Nc1ccc(C#N)cc1. The number of benzene rings is 1. The van der Waals surface area contributed by atoms with Crippen molar-refractivity contribution in [3.8, 4) is 6.07 Å². The van der Waals surface area contributed by atoms with E-state index >= 15 is 0 Å². The predicted octanol–water partition coefficient (Wildman–Crippen LogP) is 2.02. The number of aliphatic hydroxyl groups excluding tert-OH is 1. The molecule has 72 valence electrons. The maximum atomic E-state index is 8.92. The topological polar surface area (TPSA) is 68.7 Å². The van der Waals surface area contributed by atoms with Crippen LogP contribution in [-0.2, 0) is 0 Å². The highest BCUT2D eigenvalue weighted by atomic mass is 16.3. The highest BCUT2D eigenvalue weighted by molar-refractivity contribution is 5.41. The van der Waals surface area contributed by atoms with Gasteiger partial charge in [-0.3, -0.25) is 0 Å². The summed E-state index contributed by atoms with van der Waals surface area (Å²) in [5, 5.41) is 25.1. The second-order valence-corrected chi connectivity index (χ2v) is 2.93. The second kappa shape index (κ2) is 5.10. The summed E-state index contributed by atoms with van der Waals surface area (Å²) in [6, 6.07) is 8.80. The number of hydrogen-bond donors (Lipinski definition) is 1. The van der Waals surface area contributed by atoms with E-state index in [1.165, 1.54) is 0 Å². The molecule has 1 unspecified atom stereocenters. The molecule has 1 atom stereocenters. The van der Waals surface area contributed by atoms with E-state index in [2.05, 4.69) is 10.2 Å². The van der Waals surface area contributed by atoms with Crippen molar-refractivity contribution in [1.82, 2.24) is 0 Å². The van der Waals surface area contributed by atoms with E-state index in [1.807, 2.05) is 6.07 Å². The quantitative estimate of drug-likeness (QED) is 0.739. The Bertz CT molecular complexity index is 349. The number of nitriles is 1. The van der Waals surface area contributed by atoms with Crippen molar-refractivity contribution in [2.75, 3.05) is 6.54 Å². The van der Waals surface area contributed by atoms with E-state index < -0.39 is 6.10 Å². The summed E-state index contributed by atoms with van der Waals surface area (Å²) in [6.45, 7) is 1.94. The molecule has 0 aliphatic heterocycles. The van der Waals surface area contributed by atoms with Crippen LogP contribution in [0.1, 0.15) is 12.5 Å². The molecule has 0 aliphatic rings. The lowest BCUT2D eigenvalue weighted by Gasteiger charge is -1.95. The van der Waals surface area contributed by atoms with E-state index in [1.54, 1.807) is 31.2 Å². The molecule has 1 N–H and O–H groups in total. The van der Waals surface area contributed by atoms with Crippen LogP contribution in [0, 0.1) is 11.3 Å². The monoisotopic (exact) mass is 189 g/mol. The van der Waals surface area contributed by atoms with Crippen LogP contribution in [0.2, 0.25) is 0 Å². The second-order valence-electron chi connectivity index (χ2n) is 2.93. The van der Waals surface area contributed by atoms with Gasteiger partial charge in [0.05, 0.1) is 30.0 Å². The molecule has 4 nitrogen and oxygen atoms in total. The van der Waals surface area contributed by atoms with Crippen molar-refractivity contribution < 1.29 is 5.11 Å². The molecular weight excluding hydrogens is 178 g/mol. The molecule has 0 fully saturated rings. The number of nitrogens with zero attached hydrogens (tertiary/aromatic N) is 3. The first kappa shape index (κ1) is 10.4. The van der Waals surface area contributed by atoms with Gasteiger partial charge in [-0.1, -0.05) is 0 Å². The minimum atomic E-state index is -0.475. The molecule has 0 heterocycles. The molecular formula is C10H11N3O. The average molecular weight is 189 g/mol. The van der Waals surface area contributed by atoms with Crippen molar-refractivity contribution in [3.63, 3.8) is 0 Å². The van der Waals surface area contributed by atoms with Crippen LogP contribution < -0.4 is 0 Å². The van der Waals surface area contributed by atoms with Gasteiger partial charge in [0.25, 0.3) is 0 Å². The lowest BCUT2D eigenvalue weighted by Crippen LogP contribution is -2.02. The standard InChI is InChI=1S/C10H11N3O/c1-8(14)7-12-13-10-4-2-9(6-11)3-5-10/h2-5,8,14H,7H2,1H3. The van der Waals surface area contributed by atoms with Gasteiger partial charge in [-0.05, 0) is 31.2 Å². The highest BCUT2D eigenvalue weighted by Gasteiger charge is 1.93. The summed E-state index contributed by atoms with van der Waals surface area (Å²) in [5.41, 5.74) is 1.28. The van der Waals surface area contributed by atoms with E-state index in [0.717, 1.165) is 0 Å². The van der Waals surface area contributed by atoms with E-state index in [9.17, 15) is 0 Å². The number of rotatable bonds is 3. The molecule has 0 aliphatic carbocycles. The average Bonchev–Trinajstić information content (AvgIpc) is 2.18. The molecule has 0 bridgehead atoms. The number of aliphatic hydroxyl groups is 1. The maximum Gasteiger partial charge on any atom is 0.0991 e. The highest BCUT2D eigenvalue weighted by Crippen LogP contribution is 2.12. The van der Waals surface area contributed by atoms with Gasteiger partial charge in [0.15, 0.2) is 0 Å². The van der Waals surface area contributed by atoms with Crippen molar-refractivity contribution in [2.45, 2.75) is 13.0 Å². The third-order valence-corrected chi connectivity index (χ3v) is 1.53. The minimum absolute atomic E-state index is 0.292. The molecule has 0 saturated heterocycles. The Kier molecular flexibility index (Phi) is 3.77. The molecule has 0 saturated carbocycles. The Morgan fingerprint density at radius 2 is 2.07 bits per heavy atom. The lowest BCUT2D eigenvalue weighted by atomic mass is 10.2. The summed E-state index contributed by atoms with van der Waals surface area (Å²) in [4.78, 5) is 0. The molecule has 1 aromatic carbocycles. The Morgan fingerprint density at radius 3 is 2.57 bits per heavy atom. The van der Waals surface area contributed by atoms with Gasteiger partial charge in [-0.2, -0.15) is 15.5 Å². The normalized spacial score (nSPS) is 12.6. The summed E-state index contributed by atoms with van der Waals surface area (Å²) in [6.07, 6.45) is -0.475. The largest absolute Gasteiger partial charge is 0.391 e. The Hall–Kier alpha value is -1.73. The van der Waals surface area contributed by atoms with Crippen molar-refractivity contribution >= 4 is 5.69 Å². The van der Waals surface area contributed by atoms with Crippen molar-refractivity contribution in [3.05, 3.63) is 29.8 Å². The van der Waals surface area contributed by atoms with E-state index in [0.29, 0.717) is 17.8 Å². The molecule has 14 heavy (non-hydrogen) atoms. The van der Waals surface area contributed by atoms with E-state index in [4.69, 9.17) is 10.4 Å². The Morgan fingerprint density at radius 1 is 1.43 bits per heavy atom. The van der Waals surface area contributed by atoms with Crippen molar-refractivity contribution in [1.29, 1.82) is 5.26 Å². The summed E-state index contributed by atoms with van der Waals surface area (Å²) in [5.74, 6) is 0. The van der Waals surface area contributed by atoms with E-state index in [-0.39, 0.29) is 0 Å². The first-order valence-corrected chi connectivity index (χ1v) is 4.28. The van der Waals surface area contributed by atoms with Gasteiger partial charge in [0.1, 0.15) is 0 Å². The minimum Gasteiger partial charge on any atom is -0.391 e. The molecule has 1 rings (SSSR count). The number of hydrogen-bond acceptors (Lipinski definition) is 4. The van der Waals surface area contributed by atoms with Crippen LogP contribution in [0.5, 0.6) is 0 Å². The van der Waals surface area contributed by atoms with Crippen LogP contribution in [-0.4, -0.2) is 17.8 Å². The third kappa shape index (κ3) is 3.33. The van der Waals surface area contributed by atoms with Crippen LogP contribution in [0.3, 0.4) is 0 Å². The zero-order chi connectivity index (χ0) is 10.4. The Balaban J connectivity index is 2.61. The first-order chi connectivity index (χ1) is 6.72. The van der Waals surface area contributed by atoms with Crippen LogP contribution in [0.4, 0.5) is 5.69 Å².